The number of carbonyl (C=O) groups is 1. The van der Waals surface area contributed by atoms with Gasteiger partial charge in [0.1, 0.15) is 11.9 Å². The van der Waals surface area contributed by atoms with Crippen molar-refractivity contribution in [2.45, 2.75) is 24.6 Å². The first-order valence-electron chi connectivity index (χ1n) is 8.23. The smallest absolute Gasteiger partial charge is 0.239 e. The monoisotopic (exact) mass is 428 g/mol. The zero-order valence-electron chi connectivity index (χ0n) is 14.3. The molecule has 0 aromatic heterocycles. The van der Waals surface area contributed by atoms with Gasteiger partial charge >= 0.3 is 0 Å². The summed E-state index contributed by atoms with van der Waals surface area (Å²) in [4.78, 5) is 20.8. The first-order chi connectivity index (χ1) is 11.8. The fourth-order valence-electron chi connectivity index (χ4n) is 3.16. The summed E-state index contributed by atoms with van der Waals surface area (Å²) in [6, 6.07) is 3.98. The number of amidine groups is 1. The van der Waals surface area contributed by atoms with Crippen molar-refractivity contribution in [3.8, 4) is 0 Å². The number of piperazine rings is 1. The van der Waals surface area contributed by atoms with Crippen LogP contribution in [0.25, 0.3) is 0 Å². The Labute approximate surface area is 160 Å². The molecule has 2 heterocycles. The Hall–Kier alpha value is -1.12. The van der Waals surface area contributed by atoms with Gasteiger partial charge in [-0.1, -0.05) is 33.8 Å². The third kappa shape index (κ3) is 4.17. The van der Waals surface area contributed by atoms with E-state index in [0.29, 0.717) is 23.1 Å². The molecule has 0 saturated carbocycles. The number of benzene rings is 1. The van der Waals surface area contributed by atoms with E-state index >= 15 is 0 Å². The van der Waals surface area contributed by atoms with Crippen molar-refractivity contribution in [1.29, 1.82) is 0 Å². The number of rotatable bonds is 3. The third-order valence-electron chi connectivity index (χ3n) is 4.44. The Balaban J connectivity index is 1.70. The minimum Gasteiger partial charge on any atom is -0.368 e. The second-order valence-electron chi connectivity index (χ2n) is 6.95. The molecular weight excluding hydrogens is 407 g/mol. The van der Waals surface area contributed by atoms with E-state index in [0.717, 1.165) is 24.8 Å². The molecular formula is C17H22BrFN4OS. The quantitative estimate of drug-likeness (QED) is 0.803. The number of halogens is 2. The predicted octanol–water partition coefficient (Wildman–Crippen LogP) is 2.61. The number of hydrogen-bond donors (Lipinski definition) is 1. The van der Waals surface area contributed by atoms with E-state index < -0.39 is 17.8 Å². The maximum absolute atomic E-state index is 14.3. The SMILES string of the molecule is CC1(C)CN=C(N2CCN([C@@H](C(N)=O)c3ccc(Br)cc3F)CC2)S1. The highest BCUT2D eigenvalue weighted by Crippen LogP contribution is 2.34. The highest BCUT2D eigenvalue weighted by Gasteiger charge is 2.35. The summed E-state index contributed by atoms with van der Waals surface area (Å²) < 4.78 is 15.1. The van der Waals surface area contributed by atoms with Crippen LogP contribution in [-0.4, -0.2) is 58.3 Å². The van der Waals surface area contributed by atoms with Crippen molar-refractivity contribution in [2.24, 2.45) is 10.7 Å². The van der Waals surface area contributed by atoms with Gasteiger partial charge in [0, 0.05) is 41.0 Å². The van der Waals surface area contributed by atoms with Crippen LogP contribution >= 0.6 is 27.7 Å². The zero-order chi connectivity index (χ0) is 18.2. The van der Waals surface area contributed by atoms with E-state index in [-0.39, 0.29) is 4.75 Å². The number of carbonyl (C=O) groups excluding carboxylic acids is 1. The van der Waals surface area contributed by atoms with Crippen molar-refractivity contribution < 1.29 is 9.18 Å². The summed E-state index contributed by atoms with van der Waals surface area (Å²) in [6.45, 7) is 7.98. The minimum atomic E-state index is -0.745. The van der Waals surface area contributed by atoms with Gasteiger partial charge in [-0.15, -0.1) is 0 Å². The molecule has 0 unspecified atom stereocenters. The van der Waals surface area contributed by atoms with Crippen molar-refractivity contribution in [3.05, 3.63) is 34.1 Å². The van der Waals surface area contributed by atoms with Crippen LogP contribution in [0, 0.1) is 5.82 Å². The highest BCUT2D eigenvalue weighted by atomic mass is 79.9. The van der Waals surface area contributed by atoms with E-state index in [2.05, 4.69) is 39.7 Å². The van der Waals surface area contributed by atoms with Crippen LogP contribution in [0.4, 0.5) is 4.39 Å². The maximum Gasteiger partial charge on any atom is 0.239 e. The first kappa shape index (κ1) is 18.7. The van der Waals surface area contributed by atoms with Gasteiger partial charge in [0.25, 0.3) is 0 Å². The Morgan fingerprint density at radius 1 is 1.36 bits per heavy atom. The number of aliphatic imine (C=N–C) groups is 1. The van der Waals surface area contributed by atoms with Gasteiger partial charge < -0.3 is 10.6 Å². The maximum atomic E-state index is 14.3. The number of primary amides is 1. The second-order valence-corrected chi connectivity index (χ2v) is 9.54. The fourth-order valence-corrected chi connectivity index (χ4v) is 4.56. The normalized spacial score (nSPS) is 21.9. The van der Waals surface area contributed by atoms with Crippen molar-refractivity contribution in [1.82, 2.24) is 9.80 Å². The van der Waals surface area contributed by atoms with Gasteiger partial charge in [0.15, 0.2) is 5.17 Å². The predicted molar refractivity (Wildman–Crippen MR) is 103 cm³/mol. The van der Waals surface area contributed by atoms with E-state index in [1.165, 1.54) is 6.07 Å². The molecule has 0 radical (unpaired) electrons. The zero-order valence-corrected chi connectivity index (χ0v) is 16.7. The van der Waals surface area contributed by atoms with Gasteiger partial charge in [-0.05, 0) is 26.0 Å². The van der Waals surface area contributed by atoms with Crippen LogP contribution in [0.2, 0.25) is 0 Å². The molecule has 8 heteroatoms. The van der Waals surface area contributed by atoms with Crippen LogP contribution < -0.4 is 5.73 Å². The lowest BCUT2D eigenvalue weighted by Gasteiger charge is -2.39. The summed E-state index contributed by atoms with van der Waals surface area (Å²) in [5.74, 6) is -0.943. The molecule has 0 aliphatic carbocycles. The van der Waals surface area contributed by atoms with Crippen molar-refractivity contribution in [3.63, 3.8) is 0 Å². The van der Waals surface area contributed by atoms with Crippen molar-refractivity contribution >= 4 is 38.8 Å². The second kappa shape index (κ2) is 7.25. The molecule has 5 nitrogen and oxygen atoms in total. The molecule has 2 aliphatic heterocycles. The van der Waals surface area contributed by atoms with E-state index in [4.69, 9.17) is 5.73 Å². The standard InChI is InChI=1S/C17H22BrFN4OS/c1-17(2)10-21-16(25-17)23-7-5-22(6-8-23)14(15(20)24)12-4-3-11(18)9-13(12)19/h3-4,9,14H,5-8,10H2,1-2H3,(H2,20,24)/t14-/m1/s1. The average Bonchev–Trinajstić information content (AvgIpc) is 2.90. The van der Waals surface area contributed by atoms with E-state index in [9.17, 15) is 9.18 Å². The van der Waals surface area contributed by atoms with Gasteiger partial charge in [-0.25, -0.2) is 4.39 Å². The molecule has 1 aromatic rings. The van der Waals surface area contributed by atoms with Crippen LogP contribution in [0.3, 0.4) is 0 Å². The van der Waals surface area contributed by atoms with Crippen LogP contribution in [-0.2, 0) is 4.79 Å². The lowest BCUT2D eigenvalue weighted by molar-refractivity contribution is -0.124. The molecule has 1 fully saturated rings. The summed E-state index contributed by atoms with van der Waals surface area (Å²) in [5.41, 5.74) is 5.93. The lowest BCUT2D eigenvalue weighted by atomic mass is 10.0. The topological polar surface area (TPSA) is 61.9 Å². The molecule has 1 atom stereocenters. The summed E-state index contributed by atoms with van der Waals surface area (Å²) >= 11 is 5.03. The van der Waals surface area contributed by atoms with Gasteiger partial charge in [-0.3, -0.25) is 14.7 Å². The molecule has 0 bridgehead atoms. The Bertz CT molecular complexity index is 704. The van der Waals surface area contributed by atoms with E-state index in [1.807, 2.05) is 4.90 Å². The Kier molecular flexibility index (Phi) is 5.41. The number of nitrogens with two attached hydrogens (primary N) is 1. The third-order valence-corrected chi connectivity index (χ3v) is 6.18. The van der Waals surface area contributed by atoms with Gasteiger partial charge in [0.05, 0.1) is 6.54 Å². The van der Waals surface area contributed by atoms with Crippen LogP contribution in [0.15, 0.2) is 27.7 Å². The van der Waals surface area contributed by atoms with E-state index in [1.54, 1.807) is 23.9 Å². The summed E-state index contributed by atoms with van der Waals surface area (Å²) in [5, 5.41) is 1.06. The average molecular weight is 429 g/mol. The molecule has 1 amide bonds. The molecule has 0 spiro atoms. The Morgan fingerprint density at radius 2 is 2.04 bits per heavy atom. The van der Waals surface area contributed by atoms with Crippen LogP contribution in [0.1, 0.15) is 25.5 Å². The largest absolute Gasteiger partial charge is 0.368 e. The van der Waals surface area contributed by atoms with Crippen molar-refractivity contribution in [2.75, 3.05) is 32.7 Å². The molecule has 25 heavy (non-hydrogen) atoms. The molecule has 3 rings (SSSR count). The number of nitrogens with zero attached hydrogens (tertiary/aromatic N) is 3. The number of thioether (sulfide) groups is 1. The molecule has 136 valence electrons. The molecule has 1 saturated heterocycles. The number of amides is 1. The lowest BCUT2D eigenvalue weighted by Crippen LogP contribution is -2.51. The summed E-state index contributed by atoms with van der Waals surface area (Å²) in [7, 11) is 0. The Morgan fingerprint density at radius 3 is 2.56 bits per heavy atom. The molecule has 2 N–H and O–H groups in total. The molecule has 2 aliphatic rings. The highest BCUT2D eigenvalue weighted by molar-refractivity contribution is 9.10. The van der Waals surface area contributed by atoms with Gasteiger partial charge in [-0.2, -0.15) is 0 Å². The summed E-state index contributed by atoms with van der Waals surface area (Å²) in [6.07, 6.45) is 0. The fraction of sp³-hybridized carbons (Fsp3) is 0.529. The number of hydrogen-bond acceptors (Lipinski definition) is 5. The first-order valence-corrected chi connectivity index (χ1v) is 9.84. The van der Waals surface area contributed by atoms with Crippen LogP contribution in [0.5, 0.6) is 0 Å². The van der Waals surface area contributed by atoms with Gasteiger partial charge in [0.2, 0.25) is 5.91 Å². The minimum absolute atomic E-state index is 0.142. The molecule has 1 aromatic carbocycles.